The maximum Gasteiger partial charge on any atom is 0.258 e. The number of hydrogen-bond acceptors (Lipinski definition) is 4. The summed E-state index contributed by atoms with van der Waals surface area (Å²) in [6, 6.07) is 0. The van der Waals surface area contributed by atoms with Crippen LogP contribution in [0, 0.1) is 6.92 Å². The quantitative estimate of drug-likeness (QED) is 0.838. The number of aryl methyl sites for hydroxylation is 1. The van der Waals surface area contributed by atoms with Gasteiger partial charge in [0.25, 0.3) is 5.91 Å². The van der Waals surface area contributed by atoms with E-state index in [0.29, 0.717) is 11.7 Å². The minimum atomic E-state index is -0.667. The second kappa shape index (κ2) is 3.90. The number of carbonyl (C=O) groups excluding carboxylic acids is 1. The molecule has 1 fully saturated rings. The first-order valence-electron chi connectivity index (χ1n) is 4.98. The van der Waals surface area contributed by atoms with Crippen molar-refractivity contribution < 1.29 is 9.53 Å². The fraction of sp³-hybridized carbons (Fsp3) is 0.600. The van der Waals surface area contributed by atoms with Crippen molar-refractivity contribution in [2.45, 2.75) is 32.3 Å². The molecule has 82 valence electrons. The second-order valence-corrected chi connectivity index (χ2v) is 4.79. The van der Waals surface area contributed by atoms with Gasteiger partial charge in [0.2, 0.25) is 0 Å². The third-order valence-corrected chi connectivity index (χ3v) is 3.41. The van der Waals surface area contributed by atoms with Crippen molar-refractivity contribution in [3.05, 3.63) is 11.1 Å². The fourth-order valence-corrected chi connectivity index (χ4v) is 2.28. The van der Waals surface area contributed by atoms with Crippen molar-refractivity contribution in [1.82, 2.24) is 4.98 Å². The third kappa shape index (κ3) is 2.18. The predicted octanol–water partition coefficient (Wildman–Crippen LogP) is 1.96. The van der Waals surface area contributed by atoms with Gasteiger partial charge in [-0.2, -0.15) is 0 Å². The number of aromatic nitrogens is 1. The number of nitrogens with one attached hydrogen (secondary N) is 1. The lowest BCUT2D eigenvalue weighted by molar-refractivity contribution is -0.133. The van der Waals surface area contributed by atoms with E-state index in [1.54, 1.807) is 0 Å². The van der Waals surface area contributed by atoms with Gasteiger partial charge >= 0.3 is 0 Å². The highest BCUT2D eigenvalue weighted by molar-refractivity contribution is 7.13. The molecular formula is C10H14N2O2S. The molecule has 1 amide bonds. The van der Waals surface area contributed by atoms with Crippen molar-refractivity contribution in [3.8, 4) is 0 Å². The number of hydrogen-bond donors (Lipinski definition) is 1. The summed E-state index contributed by atoms with van der Waals surface area (Å²) < 4.78 is 5.45. The second-order valence-electron chi connectivity index (χ2n) is 3.93. The fourth-order valence-electron chi connectivity index (χ4n) is 1.60. The molecule has 1 atom stereocenters. The molecule has 4 nitrogen and oxygen atoms in total. The highest BCUT2D eigenvalue weighted by Crippen LogP contribution is 2.27. The van der Waals surface area contributed by atoms with Crippen LogP contribution >= 0.6 is 11.3 Å². The van der Waals surface area contributed by atoms with Gasteiger partial charge in [-0.25, -0.2) is 4.98 Å². The van der Waals surface area contributed by atoms with E-state index in [0.717, 1.165) is 18.5 Å². The van der Waals surface area contributed by atoms with Crippen LogP contribution in [0.15, 0.2) is 5.38 Å². The molecule has 0 saturated carbocycles. The summed E-state index contributed by atoms with van der Waals surface area (Å²) in [5, 5.41) is 5.35. The summed E-state index contributed by atoms with van der Waals surface area (Å²) in [6.45, 7) is 4.40. The van der Waals surface area contributed by atoms with Gasteiger partial charge in [0.05, 0.1) is 5.69 Å². The molecule has 1 N–H and O–H groups in total. The van der Waals surface area contributed by atoms with E-state index in [-0.39, 0.29) is 5.91 Å². The normalized spacial score (nSPS) is 25.5. The molecule has 2 rings (SSSR count). The van der Waals surface area contributed by atoms with E-state index >= 15 is 0 Å². The largest absolute Gasteiger partial charge is 0.365 e. The lowest BCUT2D eigenvalue weighted by Crippen LogP contribution is -2.39. The first-order valence-corrected chi connectivity index (χ1v) is 5.86. The summed E-state index contributed by atoms with van der Waals surface area (Å²) in [6.07, 6.45) is 1.73. The average Bonchev–Trinajstić information content (AvgIpc) is 2.76. The number of ether oxygens (including phenoxy) is 1. The molecule has 15 heavy (non-hydrogen) atoms. The number of nitrogens with zero attached hydrogens (tertiary/aromatic N) is 1. The first-order chi connectivity index (χ1) is 7.10. The summed E-state index contributed by atoms with van der Waals surface area (Å²) in [5.74, 6) is -0.0886. The van der Waals surface area contributed by atoms with Crippen LogP contribution in [0.2, 0.25) is 0 Å². The van der Waals surface area contributed by atoms with Crippen molar-refractivity contribution in [2.75, 3.05) is 11.9 Å². The van der Waals surface area contributed by atoms with Crippen molar-refractivity contribution >= 4 is 22.4 Å². The monoisotopic (exact) mass is 226 g/mol. The summed E-state index contributed by atoms with van der Waals surface area (Å²) in [5.41, 5.74) is 0.257. The van der Waals surface area contributed by atoms with E-state index < -0.39 is 5.60 Å². The summed E-state index contributed by atoms with van der Waals surface area (Å²) >= 11 is 1.44. The van der Waals surface area contributed by atoms with E-state index in [1.165, 1.54) is 11.3 Å². The van der Waals surface area contributed by atoms with Crippen LogP contribution in [0.4, 0.5) is 5.13 Å². The van der Waals surface area contributed by atoms with Gasteiger partial charge in [0, 0.05) is 12.0 Å². The maximum atomic E-state index is 11.9. The lowest BCUT2D eigenvalue weighted by Gasteiger charge is -2.20. The zero-order valence-corrected chi connectivity index (χ0v) is 9.69. The third-order valence-electron chi connectivity index (χ3n) is 2.54. The Hall–Kier alpha value is -0.940. The highest BCUT2D eigenvalue weighted by atomic mass is 32.1. The van der Waals surface area contributed by atoms with Crippen LogP contribution in [0.25, 0.3) is 0 Å². The molecule has 1 aliphatic heterocycles. The number of carbonyl (C=O) groups is 1. The molecule has 0 spiro atoms. The van der Waals surface area contributed by atoms with E-state index in [9.17, 15) is 4.79 Å². The van der Waals surface area contributed by atoms with Crippen LogP contribution in [0.3, 0.4) is 0 Å². The Bertz CT molecular complexity index is 369. The van der Waals surface area contributed by atoms with Gasteiger partial charge in [0.15, 0.2) is 5.13 Å². The van der Waals surface area contributed by atoms with Crippen LogP contribution in [-0.4, -0.2) is 23.1 Å². The smallest absolute Gasteiger partial charge is 0.258 e. The molecule has 0 aromatic carbocycles. The Kier molecular flexibility index (Phi) is 2.75. The molecule has 1 aromatic heterocycles. The summed E-state index contributed by atoms with van der Waals surface area (Å²) in [7, 11) is 0. The SMILES string of the molecule is Cc1csc(NC(=O)C2(C)CCCO2)n1. The zero-order valence-electron chi connectivity index (χ0n) is 8.87. The van der Waals surface area contributed by atoms with Gasteiger partial charge < -0.3 is 4.74 Å². The minimum absolute atomic E-state index is 0.0886. The number of amides is 1. The summed E-state index contributed by atoms with van der Waals surface area (Å²) in [4.78, 5) is 16.1. The van der Waals surface area contributed by atoms with Crippen molar-refractivity contribution in [2.24, 2.45) is 0 Å². The van der Waals surface area contributed by atoms with Gasteiger partial charge in [-0.05, 0) is 26.7 Å². The molecule has 0 radical (unpaired) electrons. The Morgan fingerprint density at radius 2 is 2.53 bits per heavy atom. The molecule has 1 aromatic rings. The molecule has 1 aliphatic rings. The maximum absolute atomic E-state index is 11.9. The highest BCUT2D eigenvalue weighted by Gasteiger charge is 2.37. The molecule has 0 bridgehead atoms. The molecule has 2 heterocycles. The number of anilines is 1. The number of rotatable bonds is 2. The minimum Gasteiger partial charge on any atom is -0.365 e. The number of thiazole rings is 1. The molecule has 1 unspecified atom stereocenters. The average molecular weight is 226 g/mol. The predicted molar refractivity (Wildman–Crippen MR) is 59.1 cm³/mol. The Morgan fingerprint density at radius 3 is 3.07 bits per heavy atom. The zero-order chi connectivity index (χ0) is 10.9. The molecule has 0 aliphatic carbocycles. The van der Waals surface area contributed by atoms with Crippen LogP contribution in [0.5, 0.6) is 0 Å². The van der Waals surface area contributed by atoms with Gasteiger partial charge in [-0.3, -0.25) is 10.1 Å². The van der Waals surface area contributed by atoms with Gasteiger partial charge in [-0.15, -0.1) is 11.3 Å². The van der Waals surface area contributed by atoms with Crippen LogP contribution in [0.1, 0.15) is 25.5 Å². The van der Waals surface area contributed by atoms with Crippen molar-refractivity contribution in [3.63, 3.8) is 0 Å². The van der Waals surface area contributed by atoms with E-state index in [1.807, 2.05) is 19.2 Å². The van der Waals surface area contributed by atoms with Gasteiger partial charge in [0.1, 0.15) is 5.60 Å². The van der Waals surface area contributed by atoms with E-state index in [4.69, 9.17) is 4.74 Å². The Morgan fingerprint density at radius 1 is 1.73 bits per heavy atom. The molecule has 1 saturated heterocycles. The molecule has 5 heteroatoms. The van der Waals surface area contributed by atoms with Crippen molar-refractivity contribution in [1.29, 1.82) is 0 Å². The first kappa shape index (κ1) is 10.6. The van der Waals surface area contributed by atoms with Crippen LogP contribution < -0.4 is 5.32 Å². The Balaban J connectivity index is 2.03. The van der Waals surface area contributed by atoms with Gasteiger partial charge in [-0.1, -0.05) is 0 Å². The molecular weight excluding hydrogens is 212 g/mol. The Labute approximate surface area is 92.7 Å². The lowest BCUT2D eigenvalue weighted by atomic mass is 10.0. The van der Waals surface area contributed by atoms with Crippen LogP contribution in [-0.2, 0) is 9.53 Å². The standard InChI is InChI=1S/C10H14N2O2S/c1-7-6-15-9(11-7)12-8(13)10(2)4-3-5-14-10/h6H,3-5H2,1-2H3,(H,11,12,13). The van der Waals surface area contributed by atoms with E-state index in [2.05, 4.69) is 10.3 Å². The topological polar surface area (TPSA) is 51.2 Å².